The highest BCUT2D eigenvalue weighted by atomic mass is 32.1. The van der Waals surface area contributed by atoms with Gasteiger partial charge < -0.3 is 4.79 Å². The van der Waals surface area contributed by atoms with E-state index in [1.54, 1.807) is 6.92 Å². The van der Waals surface area contributed by atoms with Crippen LogP contribution >= 0.6 is 11.3 Å². The Kier molecular flexibility index (Phi) is 3.48. The fraction of sp³-hybridized carbons (Fsp3) is 0.500. The second-order valence-electron chi connectivity index (χ2n) is 3.07. The summed E-state index contributed by atoms with van der Waals surface area (Å²) in [4.78, 5) is 13.4. The van der Waals surface area contributed by atoms with Crippen molar-refractivity contribution in [3.8, 4) is 0 Å². The molecule has 1 aromatic heterocycles. The van der Waals surface area contributed by atoms with E-state index in [0.717, 1.165) is 19.3 Å². The first-order valence-corrected chi connectivity index (χ1v) is 5.05. The smallest absolute Gasteiger partial charge is 0.129 e. The van der Waals surface area contributed by atoms with Crippen LogP contribution in [0.2, 0.25) is 0 Å². The molecule has 1 rings (SSSR count). The zero-order valence-corrected chi connectivity index (χ0v) is 8.41. The molecule has 0 aliphatic heterocycles. The molecular formula is C10H14OS. The Morgan fingerprint density at radius 2 is 2.25 bits per heavy atom. The van der Waals surface area contributed by atoms with Crippen LogP contribution in [0.3, 0.4) is 0 Å². The molecule has 1 nitrogen and oxygen atoms in total. The van der Waals surface area contributed by atoms with E-state index in [1.165, 1.54) is 9.75 Å². The molecule has 1 heterocycles. The van der Waals surface area contributed by atoms with Crippen LogP contribution < -0.4 is 0 Å². The van der Waals surface area contributed by atoms with Gasteiger partial charge in [-0.25, -0.2) is 0 Å². The number of Topliss-reactive ketones (excluding diaryl/α,β-unsaturated/α-hetero) is 1. The lowest BCUT2D eigenvalue weighted by Gasteiger charge is -1.93. The van der Waals surface area contributed by atoms with Crippen molar-refractivity contribution < 1.29 is 4.79 Å². The largest absolute Gasteiger partial charge is 0.300 e. The molecule has 0 amide bonds. The van der Waals surface area contributed by atoms with Crippen molar-refractivity contribution in [1.82, 2.24) is 0 Å². The highest BCUT2D eigenvalue weighted by molar-refractivity contribution is 7.11. The molecule has 0 N–H and O–H groups in total. The number of ketones is 1. The molecule has 0 saturated heterocycles. The molecule has 2 heteroatoms. The van der Waals surface area contributed by atoms with E-state index in [9.17, 15) is 4.79 Å². The van der Waals surface area contributed by atoms with Crippen LogP contribution in [-0.4, -0.2) is 5.78 Å². The van der Waals surface area contributed by atoms with Crippen molar-refractivity contribution >= 4 is 17.1 Å². The van der Waals surface area contributed by atoms with E-state index in [1.807, 2.05) is 11.3 Å². The molecule has 0 bridgehead atoms. The predicted octanol–water partition coefficient (Wildman–Crippen LogP) is 2.97. The normalized spacial score (nSPS) is 10.2. The fourth-order valence-electron chi connectivity index (χ4n) is 1.13. The zero-order valence-electron chi connectivity index (χ0n) is 7.59. The van der Waals surface area contributed by atoms with E-state index in [2.05, 4.69) is 19.1 Å². The monoisotopic (exact) mass is 182 g/mol. The summed E-state index contributed by atoms with van der Waals surface area (Å²) in [7, 11) is 0. The third-order valence-electron chi connectivity index (χ3n) is 1.75. The lowest BCUT2D eigenvalue weighted by atomic mass is 10.2. The van der Waals surface area contributed by atoms with Gasteiger partial charge in [-0.3, -0.25) is 0 Å². The Morgan fingerprint density at radius 3 is 2.75 bits per heavy atom. The minimum absolute atomic E-state index is 0.295. The van der Waals surface area contributed by atoms with Gasteiger partial charge in [0.15, 0.2) is 0 Å². The summed E-state index contributed by atoms with van der Waals surface area (Å²) in [5.41, 5.74) is 0. The molecular weight excluding hydrogens is 168 g/mol. The Hall–Kier alpha value is -0.630. The third-order valence-corrected chi connectivity index (χ3v) is 2.81. The van der Waals surface area contributed by atoms with E-state index in [-0.39, 0.29) is 0 Å². The lowest BCUT2D eigenvalue weighted by molar-refractivity contribution is -0.117. The van der Waals surface area contributed by atoms with Crippen molar-refractivity contribution in [2.75, 3.05) is 0 Å². The van der Waals surface area contributed by atoms with Crippen molar-refractivity contribution in [3.05, 3.63) is 21.9 Å². The van der Waals surface area contributed by atoms with Crippen LogP contribution in [0.4, 0.5) is 0 Å². The summed E-state index contributed by atoms with van der Waals surface area (Å²) in [6.45, 7) is 3.76. The van der Waals surface area contributed by atoms with Crippen molar-refractivity contribution in [1.29, 1.82) is 0 Å². The standard InChI is InChI=1S/C10H14OS/c1-8(11)4-3-5-10-7-6-9(2)12-10/h6-7H,3-5H2,1-2H3. The minimum atomic E-state index is 0.295. The summed E-state index contributed by atoms with van der Waals surface area (Å²) in [6, 6.07) is 4.29. The van der Waals surface area contributed by atoms with Gasteiger partial charge in [0.2, 0.25) is 0 Å². The van der Waals surface area contributed by atoms with Gasteiger partial charge in [0, 0.05) is 16.2 Å². The number of aryl methyl sites for hydroxylation is 2. The van der Waals surface area contributed by atoms with Crippen molar-refractivity contribution in [2.24, 2.45) is 0 Å². The second kappa shape index (κ2) is 4.41. The SMILES string of the molecule is CC(=O)CCCc1ccc(C)s1. The first-order chi connectivity index (χ1) is 5.68. The lowest BCUT2D eigenvalue weighted by Crippen LogP contribution is -1.90. The Bertz CT molecular complexity index is 263. The Balaban J connectivity index is 2.29. The van der Waals surface area contributed by atoms with Crippen LogP contribution in [0.1, 0.15) is 29.5 Å². The third kappa shape index (κ3) is 3.18. The Labute approximate surface area is 77.4 Å². The molecule has 0 radical (unpaired) electrons. The first kappa shape index (κ1) is 9.46. The highest BCUT2D eigenvalue weighted by Crippen LogP contribution is 2.17. The highest BCUT2D eigenvalue weighted by Gasteiger charge is 1.98. The van der Waals surface area contributed by atoms with E-state index in [0.29, 0.717) is 5.78 Å². The van der Waals surface area contributed by atoms with Crippen LogP contribution in [0, 0.1) is 6.92 Å². The molecule has 0 aromatic carbocycles. The van der Waals surface area contributed by atoms with Gasteiger partial charge >= 0.3 is 0 Å². The molecule has 0 aliphatic rings. The van der Waals surface area contributed by atoms with Crippen LogP contribution in [0.5, 0.6) is 0 Å². The predicted molar refractivity (Wildman–Crippen MR) is 52.7 cm³/mol. The number of rotatable bonds is 4. The van der Waals surface area contributed by atoms with Gasteiger partial charge in [0.25, 0.3) is 0 Å². The van der Waals surface area contributed by atoms with Crippen LogP contribution in [-0.2, 0) is 11.2 Å². The fourth-order valence-corrected chi connectivity index (χ4v) is 2.06. The van der Waals surface area contributed by atoms with Crippen LogP contribution in [0.15, 0.2) is 12.1 Å². The maximum Gasteiger partial charge on any atom is 0.129 e. The van der Waals surface area contributed by atoms with Crippen LogP contribution in [0.25, 0.3) is 0 Å². The molecule has 12 heavy (non-hydrogen) atoms. The number of hydrogen-bond acceptors (Lipinski definition) is 2. The number of thiophene rings is 1. The first-order valence-electron chi connectivity index (χ1n) is 4.23. The second-order valence-corrected chi connectivity index (χ2v) is 4.44. The number of carbonyl (C=O) groups is 1. The maximum absolute atomic E-state index is 10.6. The minimum Gasteiger partial charge on any atom is -0.300 e. The van der Waals surface area contributed by atoms with Crippen molar-refractivity contribution in [3.63, 3.8) is 0 Å². The zero-order chi connectivity index (χ0) is 8.97. The van der Waals surface area contributed by atoms with E-state index >= 15 is 0 Å². The molecule has 0 saturated carbocycles. The van der Waals surface area contributed by atoms with Gasteiger partial charge in [-0.05, 0) is 38.8 Å². The summed E-state index contributed by atoms with van der Waals surface area (Å²) in [6.07, 6.45) is 2.77. The molecule has 66 valence electrons. The van der Waals surface area contributed by atoms with Gasteiger partial charge in [-0.2, -0.15) is 0 Å². The number of carbonyl (C=O) groups excluding carboxylic acids is 1. The maximum atomic E-state index is 10.6. The molecule has 0 aliphatic carbocycles. The van der Waals surface area contributed by atoms with E-state index < -0.39 is 0 Å². The topological polar surface area (TPSA) is 17.1 Å². The Morgan fingerprint density at radius 1 is 1.50 bits per heavy atom. The van der Waals surface area contributed by atoms with Gasteiger partial charge in [-0.15, -0.1) is 11.3 Å². The summed E-state index contributed by atoms with van der Waals surface area (Å²) in [5, 5.41) is 0. The summed E-state index contributed by atoms with van der Waals surface area (Å²) >= 11 is 1.83. The molecule has 0 atom stereocenters. The van der Waals surface area contributed by atoms with Gasteiger partial charge in [0.1, 0.15) is 5.78 Å². The molecule has 1 aromatic rings. The number of hydrogen-bond donors (Lipinski definition) is 0. The molecule has 0 spiro atoms. The summed E-state index contributed by atoms with van der Waals surface area (Å²) in [5.74, 6) is 0.295. The summed E-state index contributed by atoms with van der Waals surface area (Å²) < 4.78 is 0. The van der Waals surface area contributed by atoms with E-state index in [4.69, 9.17) is 0 Å². The van der Waals surface area contributed by atoms with Gasteiger partial charge in [0.05, 0.1) is 0 Å². The average Bonchev–Trinajstić information content (AvgIpc) is 2.35. The molecule has 0 unspecified atom stereocenters. The quantitative estimate of drug-likeness (QED) is 0.699. The van der Waals surface area contributed by atoms with Gasteiger partial charge in [-0.1, -0.05) is 0 Å². The molecule has 0 fully saturated rings. The van der Waals surface area contributed by atoms with Crippen molar-refractivity contribution in [2.45, 2.75) is 33.1 Å². The average molecular weight is 182 g/mol.